The van der Waals surface area contributed by atoms with Crippen LogP contribution < -0.4 is 19.7 Å². The van der Waals surface area contributed by atoms with Gasteiger partial charge in [0.05, 0.1) is 18.9 Å². The average Bonchev–Trinajstić information content (AvgIpc) is 2.85. The molecule has 32 heavy (non-hydrogen) atoms. The molecule has 1 aliphatic heterocycles. The van der Waals surface area contributed by atoms with Gasteiger partial charge in [0.15, 0.2) is 0 Å². The van der Waals surface area contributed by atoms with Crippen LogP contribution in [0, 0.1) is 0 Å². The molecule has 0 aliphatic carbocycles. The number of hydrogen-bond acceptors (Lipinski definition) is 6. The Kier molecular flexibility index (Phi) is 7.58. The van der Waals surface area contributed by atoms with E-state index < -0.39 is 17.7 Å². The van der Waals surface area contributed by atoms with Crippen molar-refractivity contribution in [2.75, 3.05) is 31.8 Å². The van der Waals surface area contributed by atoms with Gasteiger partial charge >= 0.3 is 6.09 Å². The first-order valence-corrected chi connectivity index (χ1v) is 10.5. The number of benzene rings is 2. The molecule has 2 amide bonds. The minimum absolute atomic E-state index is 0.00292. The van der Waals surface area contributed by atoms with Crippen molar-refractivity contribution in [2.24, 2.45) is 0 Å². The van der Waals surface area contributed by atoms with Crippen LogP contribution in [-0.2, 0) is 20.9 Å². The Morgan fingerprint density at radius 2 is 1.91 bits per heavy atom. The minimum Gasteiger partial charge on any atom is -0.491 e. The summed E-state index contributed by atoms with van der Waals surface area (Å²) in [5.74, 6) is 0.814. The predicted molar refractivity (Wildman–Crippen MR) is 120 cm³/mol. The summed E-state index contributed by atoms with van der Waals surface area (Å²) in [5, 5.41) is 2.58. The van der Waals surface area contributed by atoms with E-state index >= 15 is 0 Å². The van der Waals surface area contributed by atoms with Crippen LogP contribution in [-0.4, -0.2) is 50.5 Å². The number of likely N-dealkylation sites (N-methyl/N-ethyl adjacent to an activating group) is 1. The van der Waals surface area contributed by atoms with Crippen LogP contribution >= 0.6 is 0 Å². The Labute approximate surface area is 188 Å². The van der Waals surface area contributed by atoms with Crippen molar-refractivity contribution < 1.29 is 28.5 Å². The second-order valence-corrected chi connectivity index (χ2v) is 8.42. The predicted octanol–water partition coefficient (Wildman–Crippen LogP) is 3.53. The Morgan fingerprint density at radius 3 is 2.62 bits per heavy atom. The highest BCUT2D eigenvalue weighted by molar-refractivity contribution is 6.00. The van der Waals surface area contributed by atoms with Gasteiger partial charge < -0.3 is 29.2 Å². The van der Waals surface area contributed by atoms with Gasteiger partial charge in [-0.1, -0.05) is 30.3 Å². The van der Waals surface area contributed by atoms with Gasteiger partial charge in [0.1, 0.15) is 36.4 Å². The second kappa shape index (κ2) is 10.4. The minimum atomic E-state index is -0.863. The summed E-state index contributed by atoms with van der Waals surface area (Å²) < 4.78 is 22.4. The molecule has 172 valence electrons. The van der Waals surface area contributed by atoms with Gasteiger partial charge in [-0.2, -0.15) is 0 Å². The van der Waals surface area contributed by atoms with Gasteiger partial charge in [0.25, 0.3) is 5.91 Å². The van der Waals surface area contributed by atoms with Crippen molar-refractivity contribution in [3.63, 3.8) is 0 Å². The fourth-order valence-corrected chi connectivity index (χ4v) is 3.10. The largest absolute Gasteiger partial charge is 0.491 e. The molecular formula is C24H30N2O6. The van der Waals surface area contributed by atoms with Crippen molar-refractivity contribution in [2.45, 2.75) is 39.0 Å². The summed E-state index contributed by atoms with van der Waals surface area (Å²) in [7, 11) is 1.63. The van der Waals surface area contributed by atoms with Crippen LogP contribution in [0.2, 0.25) is 0 Å². The van der Waals surface area contributed by atoms with Crippen LogP contribution in [0.15, 0.2) is 48.5 Å². The highest BCUT2D eigenvalue weighted by atomic mass is 16.6. The number of anilines is 1. The summed E-state index contributed by atoms with van der Waals surface area (Å²) in [6.07, 6.45) is -0.668. The Morgan fingerprint density at radius 1 is 1.16 bits per heavy atom. The van der Waals surface area contributed by atoms with Gasteiger partial charge in [-0.05, 0) is 38.5 Å². The van der Waals surface area contributed by atoms with E-state index in [-0.39, 0.29) is 12.5 Å². The molecule has 0 radical (unpaired) electrons. The highest BCUT2D eigenvalue weighted by Gasteiger charge is 2.32. The second-order valence-electron chi connectivity index (χ2n) is 8.42. The number of carbonyl (C=O) groups excluding carboxylic acids is 2. The maximum Gasteiger partial charge on any atom is 0.408 e. The third kappa shape index (κ3) is 6.62. The zero-order valence-electron chi connectivity index (χ0n) is 18.9. The zero-order valence-corrected chi connectivity index (χ0v) is 18.9. The molecule has 0 bridgehead atoms. The fourth-order valence-electron chi connectivity index (χ4n) is 3.10. The highest BCUT2D eigenvalue weighted by Crippen LogP contribution is 2.34. The van der Waals surface area contributed by atoms with Crippen LogP contribution in [0.3, 0.4) is 0 Å². The van der Waals surface area contributed by atoms with Crippen molar-refractivity contribution in [1.82, 2.24) is 5.32 Å². The quantitative estimate of drug-likeness (QED) is 0.661. The smallest absolute Gasteiger partial charge is 0.408 e. The third-order valence-corrected chi connectivity index (χ3v) is 4.62. The molecular weight excluding hydrogens is 412 g/mol. The normalized spacial score (nSPS) is 15.9. The molecule has 0 spiro atoms. The van der Waals surface area contributed by atoms with Crippen molar-refractivity contribution in [3.05, 3.63) is 54.1 Å². The lowest BCUT2D eigenvalue weighted by Crippen LogP contribution is -2.50. The molecule has 8 heteroatoms. The molecule has 0 unspecified atom stereocenters. The molecule has 0 saturated heterocycles. The van der Waals surface area contributed by atoms with Crippen LogP contribution in [0.1, 0.15) is 26.3 Å². The zero-order chi connectivity index (χ0) is 23.1. The summed E-state index contributed by atoms with van der Waals surface area (Å²) in [4.78, 5) is 26.4. The van der Waals surface area contributed by atoms with E-state index in [1.807, 2.05) is 30.3 Å². The molecule has 3 rings (SSSR count). The van der Waals surface area contributed by atoms with Crippen molar-refractivity contribution in [1.29, 1.82) is 0 Å². The SMILES string of the molecule is CN1C(=O)[C@@H](NC(=O)OC(C)(C)C)COc2ccc(OCCOCc3ccccc3)cc21. The molecule has 1 aliphatic rings. The van der Waals surface area contributed by atoms with Crippen LogP contribution in [0.5, 0.6) is 11.5 Å². The summed E-state index contributed by atoms with van der Waals surface area (Å²) in [6.45, 7) is 6.59. The van der Waals surface area contributed by atoms with Gasteiger partial charge in [-0.25, -0.2) is 4.79 Å². The van der Waals surface area contributed by atoms with E-state index in [1.165, 1.54) is 4.90 Å². The number of ether oxygens (including phenoxy) is 4. The third-order valence-electron chi connectivity index (χ3n) is 4.62. The van der Waals surface area contributed by atoms with Crippen molar-refractivity contribution in [3.8, 4) is 11.5 Å². The number of nitrogens with zero attached hydrogens (tertiary/aromatic N) is 1. The number of rotatable bonds is 7. The number of hydrogen-bond donors (Lipinski definition) is 1. The molecule has 2 aromatic carbocycles. The molecule has 1 heterocycles. The van der Waals surface area contributed by atoms with Crippen LogP contribution in [0.25, 0.3) is 0 Å². The first-order chi connectivity index (χ1) is 15.2. The molecule has 0 saturated carbocycles. The molecule has 0 fully saturated rings. The summed E-state index contributed by atoms with van der Waals surface area (Å²) in [6, 6.07) is 14.3. The lowest BCUT2D eigenvalue weighted by molar-refractivity contribution is -0.120. The van der Waals surface area contributed by atoms with Crippen LogP contribution in [0.4, 0.5) is 10.5 Å². The Hall–Kier alpha value is -3.26. The maximum absolute atomic E-state index is 12.9. The summed E-state index contributed by atoms with van der Waals surface area (Å²) >= 11 is 0. The first-order valence-electron chi connectivity index (χ1n) is 10.5. The van der Waals surface area contributed by atoms with E-state index in [4.69, 9.17) is 18.9 Å². The van der Waals surface area contributed by atoms with Crippen molar-refractivity contribution >= 4 is 17.7 Å². The number of fused-ring (bicyclic) bond motifs is 1. The van der Waals surface area contributed by atoms with E-state index in [1.54, 1.807) is 46.0 Å². The van der Waals surface area contributed by atoms with E-state index in [2.05, 4.69) is 5.32 Å². The Bertz CT molecular complexity index is 926. The topological polar surface area (TPSA) is 86.3 Å². The Balaban J connectivity index is 1.54. The number of amides is 2. The maximum atomic E-state index is 12.9. The first kappa shape index (κ1) is 23.4. The number of carbonyl (C=O) groups is 2. The van der Waals surface area contributed by atoms with Gasteiger partial charge in [0.2, 0.25) is 0 Å². The van der Waals surface area contributed by atoms with E-state index in [9.17, 15) is 9.59 Å². The number of alkyl carbamates (subject to hydrolysis) is 1. The van der Waals surface area contributed by atoms with Gasteiger partial charge in [0, 0.05) is 13.1 Å². The lowest BCUT2D eigenvalue weighted by atomic mass is 10.2. The summed E-state index contributed by atoms with van der Waals surface area (Å²) in [5.41, 5.74) is 1.00. The monoisotopic (exact) mass is 442 g/mol. The lowest BCUT2D eigenvalue weighted by Gasteiger charge is -2.23. The fraction of sp³-hybridized carbons (Fsp3) is 0.417. The molecule has 0 aromatic heterocycles. The van der Waals surface area contributed by atoms with E-state index in [0.717, 1.165) is 5.56 Å². The van der Waals surface area contributed by atoms with Gasteiger partial charge in [-0.3, -0.25) is 4.79 Å². The standard InChI is InChI=1S/C24H30N2O6/c1-24(2,3)32-23(28)25-19-16-31-21-11-10-18(14-20(21)26(4)22(19)27)30-13-12-29-15-17-8-6-5-7-9-17/h5-11,14,19H,12-13,15-16H2,1-4H3,(H,25,28)/t19-/m0/s1. The molecule has 8 nitrogen and oxygen atoms in total. The number of nitrogens with one attached hydrogen (secondary N) is 1. The van der Waals surface area contributed by atoms with Gasteiger partial charge in [-0.15, -0.1) is 0 Å². The average molecular weight is 443 g/mol. The molecule has 1 atom stereocenters. The molecule has 2 aromatic rings. The van der Waals surface area contributed by atoms with E-state index in [0.29, 0.717) is 37.0 Å². The molecule has 1 N–H and O–H groups in total.